The number of fused-ring (bicyclic) bond motifs is 1. The van der Waals surface area contributed by atoms with Crippen LogP contribution in [0, 0.1) is 23.7 Å². The Kier molecular flexibility index (Phi) is 8.66. The first-order valence-corrected chi connectivity index (χ1v) is 25.8. The Bertz CT molecular complexity index is 2830. The summed E-state index contributed by atoms with van der Waals surface area (Å²) in [6.07, 6.45) is 11.6. The summed E-state index contributed by atoms with van der Waals surface area (Å²) in [5.74, 6) is 1.67. The maximum Gasteiger partial charge on any atom is 0.316 e. The third kappa shape index (κ3) is 5.57. The average Bonchev–Trinajstić information content (AvgIpc) is 4.15. The van der Waals surface area contributed by atoms with Crippen molar-refractivity contribution < 1.29 is 48.3 Å². The van der Waals surface area contributed by atoms with E-state index in [2.05, 4.69) is 16.7 Å². The van der Waals surface area contributed by atoms with E-state index in [4.69, 9.17) is 18.9 Å². The third-order valence-corrected chi connectivity index (χ3v) is 20.0. The lowest BCUT2D eigenvalue weighted by molar-refractivity contribution is -0.182. The number of hydrogen-bond acceptors (Lipinski definition) is 14. The molecule has 342 valence electrons. The first-order valence-electron chi connectivity index (χ1n) is 24.2. The highest BCUT2D eigenvalue weighted by molar-refractivity contribution is 7.27. The summed E-state index contributed by atoms with van der Waals surface area (Å²) in [6, 6.07) is 11.6. The molecule has 5 fully saturated rings. The van der Waals surface area contributed by atoms with Gasteiger partial charge in [0.25, 0.3) is 0 Å². The van der Waals surface area contributed by atoms with Crippen molar-refractivity contribution in [1.82, 2.24) is 10.6 Å². The number of thiophene rings is 2. The van der Waals surface area contributed by atoms with Crippen LogP contribution < -0.4 is 29.6 Å². The second-order valence-electron chi connectivity index (χ2n) is 21.3. The molecule has 0 saturated heterocycles. The first-order chi connectivity index (χ1) is 32.0. The van der Waals surface area contributed by atoms with Gasteiger partial charge in [0.2, 0.25) is 0 Å². The molecular weight excluding hydrogens is 877 g/mol. The van der Waals surface area contributed by atoms with Gasteiger partial charge in [-0.2, -0.15) is 0 Å². The Morgan fingerprint density at radius 3 is 1.94 bits per heavy atom. The summed E-state index contributed by atoms with van der Waals surface area (Å²) >= 11 is 2.93. The molecule has 5 saturated carbocycles. The first kappa shape index (κ1) is 40.6. The minimum absolute atomic E-state index is 0.000242. The number of carbonyl (C=O) groups excluding carboxylic acids is 4. The number of ether oxygens (including phenoxy) is 4. The summed E-state index contributed by atoms with van der Waals surface area (Å²) in [7, 11) is 0. The van der Waals surface area contributed by atoms with Crippen molar-refractivity contribution in [1.29, 1.82) is 0 Å². The van der Waals surface area contributed by atoms with Gasteiger partial charge >= 0.3 is 11.9 Å². The zero-order valence-corrected chi connectivity index (χ0v) is 38.2. The highest BCUT2D eigenvalue weighted by Crippen LogP contribution is 2.68. The number of nitrogens with one attached hydrogen (secondary N) is 2. The topological polar surface area (TPSA) is 170 Å². The van der Waals surface area contributed by atoms with E-state index in [1.165, 1.54) is 48.4 Å². The number of ketones is 2. The lowest BCUT2D eigenvalue weighted by Gasteiger charge is -2.61. The van der Waals surface area contributed by atoms with E-state index in [0.717, 1.165) is 66.8 Å². The quantitative estimate of drug-likeness (QED) is 0.0757. The molecule has 4 heterocycles. The normalized spacial score (nSPS) is 35.8. The van der Waals surface area contributed by atoms with Gasteiger partial charge in [0, 0.05) is 67.0 Å². The van der Waals surface area contributed by atoms with Gasteiger partial charge in [-0.1, -0.05) is 24.3 Å². The van der Waals surface area contributed by atoms with E-state index in [9.17, 15) is 29.4 Å². The van der Waals surface area contributed by atoms with Gasteiger partial charge in [-0.05, 0) is 125 Å². The largest absolute Gasteiger partial charge is 0.477 e. The second kappa shape index (κ2) is 14.1. The number of aliphatic hydroxyl groups is 2. The molecule has 0 radical (unpaired) electrons. The predicted molar refractivity (Wildman–Crippen MR) is 244 cm³/mol. The van der Waals surface area contributed by atoms with Crippen LogP contribution in [0.25, 0.3) is 9.40 Å². The zero-order chi connectivity index (χ0) is 44.5. The number of Topliss-reactive ketones (excluding diaryl/α,β-unsaturated/α-hetero) is 2. The van der Waals surface area contributed by atoms with Crippen molar-refractivity contribution in [2.75, 3.05) is 13.1 Å². The Balaban J connectivity index is 0.668. The molecule has 2 aromatic carbocycles. The fourth-order valence-electron chi connectivity index (χ4n) is 14.4. The summed E-state index contributed by atoms with van der Waals surface area (Å²) in [6.45, 7) is 1.89. The molecule has 66 heavy (non-hydrogen) atoms. The zero-order valence-electron chi connectivity index (χ0n) is 36.5. The number of esters is 2. The van der Waals surface area contributed by atoms with Gasteiger partial charge in [-0.15, -0.1) is 22.7 Å². The van der Waals surface area contributed by atoms with E-state index < -0.39 is 46.2 Å². The van der Waals surface area contributed by atoms with Gasteiger partial charge in [-0.25, -0.2) is 0 Å². The molecule has 2 aromatic heterocycles. The van der Waals surface area contributed by atoms with Crippen LogP contribution in [0.15, 0.2) is 48.6 Å². The standard InChI is InChI=1S/C52H52N2O10S2/c55-35-11-15-51(59)31-17-27-5-7-37(45-43(27)49(51,47(35)63-45)13-9-33(31)53-23-25-1-2-25)61-41(57)21-29-19-39-40(65-29)20-30(66-39)22-42(58)62-38-8-6-28-18-32-34(54-24-26-3-4-26)10-14-50-44(28)46(38)64-48(50)36(56)12-16-52(32,50)60/h5-9,13,19-20,25-26,31-34,47-48,53-54,59-60H,1-4,10-12,14-18,21-24H2/t31-,32-,33?,34?,47-,48-,49-,50-,51+,52+/m0/s1. The maximum absolute atomic E-state index is 13.6. The number of rotatable bonds is 12. The van der Waals surface area contributed by atoms with Crippen LogP contribution in [-0.2, 0) is 55.7 Å². The molecule has 2 spiro atoms. The van der Waals surface area contributed by atoms with Crippen LogP contribution in [0.5, 0.6) is 23.0 Å². The van der Waals surface area contributed by atoms with Gasteiger partial charge in [-0.3, -0.25) is 19.2 Å². The highest BCUT2D eigenvalue weighted by atomic mass is 32.1. The minimum atomic E-state index is -1.17. The van der Waals surface area contributed by atoms with E-state index in [0.29, 0.717) is 49.5 Å². The van der Waals surface area contributed by atoms with E-state index in [1.54, 1.807) is 12.1 Å². The van der Waals surface area contributed by atoms with Crippen molar-refractivity contribution in [3.63, 3.8) is 0 Å². The molecule has 8 aliphatic carbocycles. The molecule has 2 aliphatic heterocycles. The van der Waals surface area contributed by atoms with Crippen LogP contribution in [-0.4, -0.2) is 82.3 Å². The Labute approximate surface area is 389 Å². The van der Waals surface area contributed by atoms with Crippen LogP contribution in [0.2, 0.25) is 0 Å². The van der Waals surface area contributed by atoms with Gasteiger partial charge in [0.15, 0.2) is 46.8 Å². The monoisotopic (exact) mass is 928 g/mol. The molecule has 10 aliphatic rings. The van der Waals surface area contributed by atoms with Crippen LogP contribution >= 0.6 is 22.7 Å². The minimum Gasteiger partial charge on any atom is -0.477 e. The van der Waals surface area contributed by atoms with E-state index in [-0.39, 0.29) is 72.7 Å². The van der Waals surface area contributed by atoms with Crippen molar-refractivity contribution in [3.8, 4) is 23.0 Å². The Morgan fingerprint density at radius 1 is 0.697 bits per heavy atom. The Hall–Kier alpha value is -4.44. The maximum atomic E-state index is 13.6. The summed E-state index contributed by atoms with van der Waals surface area (Å²) < 4.78 is 27.0. The highest BCUT2D eigenvalue weighted by Gasteiger charge is 2.74. The lowest BCUT2D eigenvalue weighted by atomic mass is 9.44. The molecule has 10 atom stereocenters. The molecule has 4 aromatic rings. The molecule has 14 rings (SSSR count). The molecule has 14 heteroatoms. The average molecular weight is 929 g/mol. The Morgan fingerprint density at radius 2 is 1.27 bits per heavy atom. The molecular formula is C52H52N2O10S2. The lowest BCUT2D eigenvalue weighted by Crippen LogP contribution is -2.73. The predicted octanol–water partition coefficient (Wildman–Crippen LogP) is 5.89. The second-order valence-corrected chi connectivity index (χ2v) is 23.6. The smallest absolute Gasteiger partial charge is 0.316 e. The van der Waals surface area contributed by atoms with Gasteiger partial charge in [0.05, 0.1) is 34.9 Å². The summed E-state index contributed by atoms with van der Waals surface area (Å²) in [5.41, 5.74) is -0.393. The number of benzene rings is 2. The molecule has 12 nitrogen and oxygen atoms in total. The molecule has 4 N–H and O–H groups in total. The summed E-state index contributed by atoms with van der Waals surface area (Å²) in [4.78, 5) is 55.9. The van der Waals surface area contributed by atoms with Crippen molar-refractivity contribution in [3.05, 3.63) is 80.6 Å². The fourth-order valence-corrected chi connectivity index (χ4v) is 16.8. The van der Waals surface area contributed by atoms with Crippen LogP contribution in [0.3, 0.4) is 0 Å². The molecule has 2 unspecified atom stereocenters. The molecule has 4 bridgehead atoms. The van der Waals surface area contributed by atoms with E-state index >= 15 is 0 Å². The van der Waals surface area contributed by atoms with E-state index in [1.807, 2.05) is 30.3 Å². The van der Waals surface area contributed by atoms with Crippen LogP contribution in [0.1, 0.15) is 96.2 Å². The number of hydrogen-bond donors (Lipinski definition) is 4. The number of carbonyl (C=O) groups is 4. The molecule has 0 amide bonds. The SMILES string of the molecule is O=C(Cc1cc2sc(CC(=O)Oc3ccc4c5c3O[C@H]3C(=O)CC[C@@]6(O)[C@@H](C4)C(NCC4CC4)CC[C@]536)cc2s1)Oc1ccc2c3c1O[C@H]1C(=O)CC[C@@]4(O)[C@@H](C2)C(NCC2CC2)C=C[C@]314. The van der Waals surface area contributed by atoms with Crippen molar-refractivity contribution in [2.24, 2.45) is 23.7 Å². The van der Waals surface area contributed by atoms with Gasteiger partial charge in [0.1, 0.15) is 0 Å². The fraction of sp³-hybridized carbons (Fsp3) is 0.538. The van der Waals surface area contributed by atoms with Gasteiger partial charge < -0.3 is 39.8 Å². The van der Waals surface area contributed by atoms with Crippen LogP contribution in [0.4, 0.5) is 0 Å². The van der Waals surface area contributed by atoms with Crippen molar-refractivity contribution in [2.45, 2.75) is 136 Å². The van der Waals surface area contributed by atoms with Crippen molar-refractivity contribution >= 4 is 55.6 Å². The summed E-state index contributed by atoms with van der Waals surface area (Å²) in [5, 5.41) is 32.8. The third-order valence-electron chi connectivity index (χ3n) is 17.7.